The molecule has 2 fully saturated rings. The first-order valence-corrected chi connectivity index (χ1v) is 10.0. The van der Waals surface area contributed by atoms with Crippen LogP contribution in [0.5, 0.6) is 0 Å². The van der Waals surface area contributed by atoms with Gasteiger partial charge in [-0.15, -0.1) is 0 Å². The third-order valence-corrected chi connectivity index (χ3v) is 5.65. The molecule has 3 rings (SSSR count). The monoisotopic (exact) mass is 373 g/mol. The number of rotatable bonds is 6. The van der Waals surface area contributed by atoms with E-state index in [0.717, 1.165) is 56.5 Å². The van der Waals surface area contributed by atoms with E-state index in [-0.39, 0.29) is 29.8 Å². The van der Waals surface area contributed by atoms with E-state index in [1.807, 2.05) is 43.3 Å². The third kappa shape index (κ3) is 5.45. The lowest BCUT2D eigenvalue weighted by Crippen LogP contribution is -2.38. The maximum Gasteiger partial charge on any atom is 0.227 e. The van der Waals surface area contributed by atoms with Crippen LogP contribution < -0.4 is 15.5 Å². The fraction of sp³-hybridized carbons (Fsp3) is 0.619. The molecule has 1 atom stereocenters. The molecule has 0 bridgehead atoms. The van der Waals surface area contributed by atoms with Crippen molar-refractivity contribution in [3.8, 4) is 0 Å². The lowest BCUT2D eigenvalue weighted by molar-refractivity contribution is -0.128. The van der Waals surface area contributed by atoms with Crippen molar-refractivity contribution in [3.05, 3.63) is 24.3 Å². The molecule has 1 aromatic rings. The number of hydrogen-bond acceptors (Lipinski definition) is 4. The zero-order valence-electron chi connectivity index (χ0n) is 16.4. The summed E-state index contributed by atoms with van der Waals surface area (Å²) in [4.78, 5) is 26.9. The zero-order valence-corrected chi connectivity index (χ0v) is 16.4. The largest absolute Gasteiger partial charge is 0.378 e. The zero-order chi connectivity index (χ0) is 19.2. The van der Waals surface area contributed by atoms with Gasteiger partial charge < -0.3 is 20.3 Å². The fourth-order valence-corrected chi connectivity index (χ4v) is 3.87. The second kappa shape index (κ2) is 9.22. The molecule has 1 saturated carbocycles. The Morgan fingerprint density at radius 2 is 1.63 bits per heavy atom. The predicted molar refractivity (Wildman–Crippen MR) is 107 cm³/mol. The molecule has 6 heteroatoms. The Balaban J connectivity index is 1.41. The molecule has 1 saturated heterocycles. The van der Waals surface area contributed by atoms with E-state index in [2.05, 4.69) is 10.6 Å². The molecule has 6 nitrogen and oxygen atoms in total. The van der Waals surface area contributed by atoms with Crippen LogP contribution in [0, 0.1) is 11.8 Å². The Kier molecular flexibility index (Phi) is 6.72. The molecule has 0 radical (unpaired) electrons. The maximum absolute atomic E-state index is 12.5. The van der Waals surface area contributed by atoms with E-state index in [1.165, 1.54) is 0 Å². The SMILES string of the molecule is CN(C)c1ccc(NC(=O)C2CCC(C(=O)NCC3CCCO3)CC2)cc1. The number of ether oxygens (including phenoxy) is 1. The summed E-state index contributed by atoms with van der Waals surface area (Å²) in [6.07, 6.45) is 5.36. The van der Waals surface area contributed by atoms with Gasteiger partial charge in [0.2, 0.25) is 11.8 Å². The first kappa shape index (κ1) is 19.7. The van der Waals surface area contributed by atoms with Gasteiger partial charge in [0, 0.05) is 50.5 Å². The Labute approximate surface area is 161 Å². The third-order valence-electron chi connectivity index (χ3n) is 5.65. The minimum atomic E-state index is -0.0132. The summed E-state index contributed by atoms with van der Waals surface area (Å²) in [6.45, 7) is 1.42. The van der Waals surface area contributed by atoms with E-state index in [1.54, 1.807) is 0 Å². The van der Waals surface area contributed by atoms with Crippen LogP contribution in [0.15, 0.2) is 24.3 Å². The smallest absolute Gasteiger partial charge is 0.227 e. The van der Waals surface area contributed by atoms with Crippen LogP contribution in [0.25, 0.3) is 0 Å². The van der Waals surface area contributed by atoms with Gasteiger partial charge in [-0.25, -0.2) is 0 Å². The first-order valence-electron chi connectivity index (χ1n) is 10.0. The summed E-state index contributed by atoms with van der Waals surface area (Å²) in [5, 5.41) is 6.03. The highest BCUT2D eigenvalue weighted by Crippen LogP contribution is 2.30. The molecular weight excluding hydrogens is 342 g/mol. The fourth-order valence-electron chi connectivity index (χ4n) is 3.87. The number of benzene rings is 1. The van der Waals surface area contributed by atoms with Crippen molar-refractivity contribution < 1.29 is 14.3 Å². The van der Waals surface area contributed by atoms with Crippen LogP contribution in [-0.2, 0) is 14.3 Å². The van der Waals surface area contributed by atoms with E-state index in [9.17, 15) is 9.59 Å². The average molecular weight is 373 g/mol. The van der Waals surface area contributed by atoms with Gasteiger partial charge in [-0.1, -0.05) is 0 Å². The van der Waals surface area contributed by atoms with E-state index in [0.29, 0.717) is 6.54 Å². The molecule has 2 amide bonds. The van der Waals surface area contributed by atoms with Gasteiger partial charge in [-0.3, -0.25) is 9.59 Å². The van der Waals surface area contributed by atoms with Gasteiger partial charge in [0.15, 0.2) is 0 Å². The summed E-state index contributed by atoms with van der Waals surface area (Å²) >= 11 is 0. The van der Waals surface area contributed by atoms with E-state index in [4.69, 9.17) is 4.74 Å². The summed E-state index contributed by atoms with van der Waals surface area (Å²) < 4.78 is 5.55. The molecule has 27 heavy (non-hydrogen) atoms. The summed E-state index contributed by atoms with van der Waals surface area (Å²) in [5.74, 6) is 0.185. The molecule has 0 spiro atoms. The first-order chi connectivity index (χ1) is 13.0. The number of anilines is 2. The summed E-state index contributed by atoms with van der Waals surface area (Å²) in [7, 11) is 3.98. The van der Waals surface area contributed by atoms with Gasteiger partial charge in [-0.2, -0.15) is 0 Å². The van der Waals surface area contributed by atoms with Gasteiger partial charge in [0.05, 0.1) is 6.10 Å². The standard InChI is InChI=1S/C21H31N3O3/c1-24(2)18-11-9-17(10-12-18)23-21(26)16-7-5-15(6-8-16)20(25)22-14-19-4-3-13-27-19/h9-12,15-16,19H,3-8,13-14H2,1-2H3,(H,22,25)(H,23,26). The molecule has 2 aliphatic rings. The molecule has 0 aromatic heterocycles. The highest BCUT2D eigenvalue weighted by Gasteiger charge is 2.30. The number of carbonyl (C=O) groups excluding carboxylic acids is 2. The van der Waals surface area contributed by atoms with E-state index >= 15 is 0 Å². The van der Waals surface area contributed by atoms with Gasteiger partial charge in [-0.05, 0) is 62.8 Å². The van der Waals surface area contributed by atoms with Crippen molar-refractivity contribution in [2.75, 3.05) is 37.5 Å². The van der Waals surface area contributed by atoms with Crippen LogP contribution in [-0.4, -0.2) is 45.2 Å². The normalized spacial score (nSPS) is 25.0. The van der Waals surface area contributed by atoms with Crippen molar-refractivity contribution in [2.45, 2.75) is 44.6 Å². The lowest BCUT2D eigenvalue weighted by atomic mass is 9.81. The lowest BCUT2D eigenvalue weighted by Gasteiger charge is -2.27. The average Bonchev–Trinajstić information content (AvgIpc) is 3.20. The molecule has 1 aliphatic carbocycles. The molecule has 2 N–H and O–H groups in total. The maximum atomic E-state index is 12.5. The Bertz CT molecular complexity index is 631. The molecule has 1 unspecified atom stereocenters. The number of hydrogen-bond donors (Lipinski definition) is 2. The number of nitrogens with one attached hydrogen (secondary N) is 2. The summed E-state index contributed by atoms with van der Waals surface area (Å²) in [6, 6.07) is 7.84. The van der Waals surface area contributed by atoms with Gasteiger partial charge in [0.1, 0.15) is 0 Å². The number of amides is 2. The van der Waals surface area contributed by atoms with Crippen LogP contribution >= 0.6 is 0 Å². The topological polar surface area (TPSA) is 70.7 Å². The quantitative estimate of drug-likeness (QED) is 0.804. The highest BCUT2D eigenvalue weighted by atomic mass is 16.5. The molecule has 1 heterocycles. The minimum absolute atomic E-state index is 0.0132. The van der Waals surface area contributed by atoms with Gasteiger partial charge >= 0.3 is 0 Å². The van der Waals surface area contributed by atoms with Crippen molar-refractivity contribution in [3.63, 3.8) is 0 Å². The second-order valence-electron chi connectivity index (χ2n) is 7.86. The molecule has 148 valence electrons. The molecular formula is C21H31N3O3. The van der Waals surface area contributed by atoms with Crippen molar-refractivity contribution in [1.82, 2.24) is 5.32 Å². The van der Waals surface area contributed by atoms with Crippen molar-refractivity contribution in [1.29, 1.82) is 0 Å². The number of carbonyl (C=O) groups is 2. The summed E-state index contributed by atoms with van der Waals surface area (Å²) in [5.41, 5.74) is 1.92. The number of nitrogens with zero attached hydrogens (tertiary/aromatic N) is 1. The minimum Gasteiger partial charge on any atom is -0.378 e. The Morgan fingerprint density at radius 1 is 1.00 bits per heavy atom. The van der Waals surface area contributed by atoms with Crippen LogP contribution in [0.1, 0.15) is 38.5 Å². The van der Waals surface area contributed by atoms with E-state index < -0.39 is 0 Å². The van der Waals surface area contributed by atoms with Crippen LogP contribution in [0.2, 0.25) is 0 Å². The van der Waals surface area contributed by atoms with Crippen LogP contribution in [0.4, 0.5) is 11.4 Å². The molecule has 1 aromatic carbocycles. The van der Waals surface area contributed by atoms with Crippen molar-refractivity contribution in [2.24, 2.45) is 11.8 Å². The second-order valence-corrected chi connectivity index (χ2v) is 7.86. The highest BCUT2D eigenvalue weighted by molar-refractivity contribution is 5.93. The predicted octanol–water partition coefficient (Wildman–Crippen LogP) is 2.79. The Morgan fingerprint density at radius 3 is 2.19 bits per heavy atom. The van der Waals surface area contributed by atoms with Crippen LogP contribution in [0.3, 0.4) is 0 Å². The Hall–Kier alpha value is -2.08. The van der Waals surface area contributed by atoms with Crippen molar-refractivity contribution >= 4 is 23.2 Å². The van der Waals surface area contributed by atoms with Gasteiger partial charge in [0.25, 0.3) is 0 Å². The molecule has 1 aliphatic heterocycles.